The molecule has 1 aromatic rings. The van der Waals surface area contributed by atoms with Gasteiger partial charge in [-0.2, -0.15) is 0 Å². The molecule has 5 nitrogen and oxygen atoms in total. The third-order valence-electron chi connectivity index (χ3n) is 2.55. The predicted molar refractivity (Wildman–Crippen MR) is 75.0 cm³/mol. The van der Waals surface area contributed by atoms with Gasteiger partial charge in [0.1, 0.15) is 5.69 Å². The molecule has 0 spiro atoms. The standard InChI is InChI=1S/C12H21N3O2S/c1-3-6-15-9-10(13)8-11(15)12(16)14-5-7-18(17)4-2/h8-9H,3-7,13H2,1-2H3,(H,14,16). The maximum Gasteiger partial charge on any atom is 0.268 e. The van der Waals surface area contributed by atoms with E-state index in [0.717, 1.165) is 13.0 Å². The molecule has 0 saturated heterocycles. The maximum atomic E-state index is 11.9. The van der Waals surface area contributed by atoms with E-state index in [1.807, 2.05) is 18.4 Å². The molecule has 1 atom stereocenters. The third kappa shape index (κ3) is 4.18. The first-order valence-corrected chi connectivity index (χ1v) is 7.66. The van der Waals surface area contributed by atoms with Gasteiger partial charge in [-0.25, -0.2) is 0 Å². The van der Waals surface area contributed by atoms with E-state index in [4.69, 9.17) is 5.73 Å². The summed E-state index contributed by atoms with van der Waals surface area (Å²) in [4.78, 5) is 11.9. The second-order valence-corrected chi connectivity index (χ2v) is 5.91. The topological polar surface area (TPSA) is 77.1 Å². The molecule has 0 aliphatic carbocycles. The van der Waals surface area contributed by atoms with Crippen LogP contribution in [-0.2, 0) is 17.3 Å². The van der Waals surface area contributed by atoms with Crippen molar-refractivity contribution in [1.29, 1.82) is 0 Å². The van der Waals surface area contributed by atoms with Crippen LogP contribution in [0.2, 0.25) is 0 Å². The molecule has 102 valence electrons. The molecule has 0 fully saturated rings. The number of carbonyl (C=O) groups excluding carboxylic acids is 1. The Labute approximate surface area is 110 Å². The number of rotatable bonds is 7. The average Bonchev–Trinajstić information content (AvgIpc) is 2.70. The van der Waals surface area contributed by atoms with E-state index in [0.29, 0.717) is 29.4 Å². The first kappa shape index (κ1) is 14.8. The number of nitrogens with one attached hydrogen (secondary N) is 1. The molecule has 0 bridgehead atoms. The second-order valence-electron chi connectivity index (χ2n) is 4.04. The number of amides is 1. The highest BCUT2D eigenvalue weighted by Crippen LogP contribution is 2.11. The van der Waals surface area contributed by atoms with Gasteiger partial charge in [0.15, 0.2) is 0 Å². The van der Waals surface area contributed by atoms with Gasteiger partial charge in [-0.1, -0.05) is 13.8 Å². The number of hydrogen-bond acceptors (Lipinski definition) is 3. The van der Waals surface area contributed by atoms with Crippen molar-refractivity contribution in [3.8, 4) is 0 Å². The molecule has 0 saturated carbocycles. The van der Waals surface area contributed by atoms with Crippen LogP contribution in [0.15, 0.2) is 12.3 Å². The number of nitrogens with zero attached hydrogens (tertiary/aromatic N) is 1. The molecule has 1 rings (SSSR count). The van der Waals surface area contributed by atoms with Crippen LogP contribution in [0, 0.1) is 0 Å². The first-order valence-electron chi connectivity index (χ1n) is 6.17. The molecular formula is C12H21N3O2S. The molecular weight excluding hydrogens is 250 g/mol. The summed E-state index contributed by atoms with van der Waals surface area (Å²) in [5.41, 5.74) is 6.85. The summed E-state index contributed by atoms with van der Waals surface area (Å²) in [5, 5.41) is 2.77. The number of hydrogen-bond donors (Lipinski definition) is 2. The minimum absolute atomic E-state index is 0.159. The van der Waals surface area contributed by atoms with E-state index >= 15 is 0 Å². The lowest BCUT2D eigenvalue weighted by Gasteiger charge is -2.08. The van der Waals surface area contributed by atoms with E-state index in [-0.39, 0.29) is 5.91 Å². The first-order chi connectivity index (χ1) is 8.58. The normalized spacial score (nSPS) is 12.3. The summed E-state index contributed by atoms with van der Waals surface area (Å²) in [6, 6.07) is 1.67. The van der Waals surface area contributed by atoms with Crippen LogP contribution in [-0.4, -0.2) is 32.7 Å². The molecule has 0 aromatic carbocycles. The van der Waals surface area contributed by atoms with Crippen molar-refractivity contribution in [1.82, 2.24) is 9.88 Å². The van der Waals surface area contributed by atoms with E-state index < -0.39 is 10.8 Å². The van der Waals surface area contributed by atoms with E-state index in [2.05, 4.69) is 5.32 Å². The Balaban J connectivity index is 2.58. The van der Waals surface area contributed by atoms with Crippen LogP contribution in [0.25, 0.3) is 0 Å². The molecule has 6 heteroatoms. The molecule has 18 heavy (non-hydrogen) atoms. The summed E-state index contributed by atoms with van der Waals surface area (Å²) in [7, 11) is -0.850. The van der Waals surface area contributed by atoms with Gasteiger partial charge in [0.05, 0.1) is 5.69 Å². The highest BCUT2D eigenvalue weighted by molar-refractivity contribution is 7.84. The molecule has 1 unspecified atom stereocenters. The van der Waals surface area contributed by atoms with Crippen LogP contribution in [0.1, 0.15) is 30.8 Å². The van der Waals surface area contributed by atoms with Crippen molar-refractivity contribution in [3.63, 3.8) is 0 Å². The molecule has 1 amide bonds. The minimum atomic E-state index is -0.850. The number of nitrogen functional groups attached to an aromatic ring is 1. The summed E-state index contributed by atoms with van der Waals surface area (Å²) in [6.07, 6.45) is 2.71. The number of anilines is 1. The van der Waals surface area contributed by atoms with Gasteiger partial charge in [0.25, 0.3) is 5.91 Å². The molecule has 1 aromatic heterocycles. The Hall–Kier alpha value is -1.30. The van der Waals surface area contributed by atoms with Crippen LogP contribution in [0.5, 0.6) is 0 Å². The second kappa shape index (κ2) is 7.20. The van der Waals surface area contributed by atoms with Crippen molar-refractivity contribution in [3.05, 3.63) is 18.0 Å². The fraction of sp³-hybridized carbons (Fsp3) is 0.583. The Morgan fingerprint density at radius 1 is 1.50 bits per heavy atom. The van der Waals surface area contributed by atoms with Gasteiger partial charge in [-0.05, 0) is 12.5 Å². The molecule has 3 N–H and O–H groups in total. The van der Waals surface area contributed by atoms with Crippen LogP contribution in [0.3, 0.4) is 0 Å². The van der Waals surface area contributed by atoms with Gasteiger partial charge in [-0.15, -0.1) is 0 Å². The Kier molecular flexibility index (Phi) is 5.91. The lowest BCUT2D eigenvalue weighted by Crippen LogP contribution is -2.29. The highest BCUT2D eigenvalue weighted by Gasteiger charge is 2.12. The number of aromatic nitrogens is 1. The van der Waals surface area contributed by atoms with E-state index in [1.54, 1.807) is 12.3 Å². The number of nitrogens with two attached hydrogens (primary N) is 1. The lowest BCUT2D eigenvalue weighted by molar-refractivity contribution is 0.0947. The van der Waals surface area contributed by atoms with E-state index in [1.165, 1.54) is 0 Å². The molecule has 0 aliphatic rings. The fourth-order valence-corrected chi connectivity index (χ4v) is 2.28. The minimum Gasteiger partial charge on any atom is -0.397 e. The molecule has 0 radical (unpaired) electrons. The van der Waals surface area contributed by atoms with Crippen LogP contribution in [0.4, 0.5) is 5.69 Å². The Bertz CT molecular complexity index is 429. The van der Waals surface area contributed by atoms with Crippen molar-refractivity contribution in [2.75, 3.05) is 23.8 Å². The van der Waals surface area contributed by atoms with E-state index in [9.17, 15) is 9.00 Å². The zero-order valence-corrected chi connectivity index (χ0v) is 11.8. The van der Waals surface area contributed by atoms with Gasteiger partial charge in [0, 0.05) is 41.6 Å². The monoisotopic (exact) mass is 271 g/mol. The smallest absolute Gasteiger partial charge is 0.268 e. The van der Waals surface area contributed by atoms with Crippen molar-refractivity contribution in [2.24, 2.45) is 0 Å². The Morgan fingerprint density at radius 2 is 2.22 bits per heavy atom. The van der Waals surface area contributed by atoms with Gasteiger partial charge in [-0.3, -0.25) is 9.00 Å². The average molecular weight is 271 g/mol. The van der Waals surface area contributed by atoms with Crippen molar-refractivity contribution < 1.29 is 9.00 Å². The van der Waals surface area contributed by atoms with Crippen molar-refractivity contribution >= 4 is 22.4 Å². The summed E-state index contributed by atoms with van der Waals surface area (Å²) in [5.74, 6) is 0.953. The van der Waals surface area contributed by atoms with Gasteiger partial charge in [0.2, 0.25) is 0 Å². The molecule has 0 aliphatic heterocycles. The zero-order valence-electron chi connectivity index (χ0n) is 10.9. The summed E-state index contributed by atoms with van der Waals surface area (Å²) >= 11 is 0. The third-order valence-corrected chi connectivity index (χ3v) is 3.86. The Morgan fingerprint density at radius 3 is 2.83 bits per heavy atom. The number of aryl methyl sites for hydroxylation is 1. The predicted octanol–water partition coefficient (Wildman–Crippen LogP) is 0.979. The van der Waals surface area contributed by atoms with Crippen LogP contribution < -0.4 is 11.1 Å². The maximum absolute atomic E-state index is 11.9. The lowest BCUT2D eigenvalue weighted by atomic mass is 10.3. The summed E-state index contributed by atoms with van der Waals surface area (Å²) in [6.45, 7) is 5.10. The quantitative estimate of drug-likeness (QED) is 0.776. The SMILES string of the molecule is CCCn1cc(N)cc1C(=O)NCCS(=O)CC. The fourth-order valence-electron chi connectivity index (χ4n) is 1.66. The number of carbonyl (C=O) groups is 1. The van der Waals surface area contributed by atoms with Gasteiger partial charge >= 0.3 is 0 Å². The van der Waals surface area contributed by atoms with Gasteiger partial charge < -0.3 is 15.6 Å². The summed E-state index contributed by atoms with van der Waals surface area (Å²) < 4.78 is 13.1. The molecule has 1 heterocycles. The van der Waals surface area contributed by atoms with Crippen LogP contribution >= 0.6 is 0 Å². The zero-order chi connectivity index (χ0) is 13.5. The largest absolute Gasteiger partial charge is 0.397 e. The highest BCUT2D eigenvalue weighted by atomic mass is 32.2. The van der Waals surface area contributed by atoms with Crippen molar-refractivity contribution in [2.45, 2.75) is 26.8 Å².